The fourth-order valence-electron chi connectivity index (χ4n) is 4.16. The average Bonchev–Trinajstić information content (AvgIpc) is 3.47. The number of nitrogens with zero attached hydrogens (tertiary/aromatic N) is 8. The largest absolute Gasteiger partial charge is 0.346 e. The minimum Gasteiger partial charge on any atom is -0.346 e. The first-order chi connectivity index (χ1) is 14.2. The van der Waals surface area contributed by atoms with Gasteiger partial charge in [-0.2, -0.15) is 5.10 Å². The molecule has 29 heavy (non-hydrogen) atoms. The molecule has 4 heterocycles. The Labute approximate surface area is 169 Å². The molecule has 0 radical (unpaired) electrons. The Hall–Kier alpha value is -3.29. The van der Waals surface area contributed by atoms with Gasteiger partial charge < -0.3 is 9.47 Å². The van der Waals surface area contributed by atoms with Gasteiger partial charge in [0, 0.05) is 13.1 Å². The molecule has 1 saturated heterocycles. The number of hydrogen-bond acceptors (Lipinski definition) is 6. The third-order valence-electron chi connectivity index (χ3n) is 5.38. The Morgan fingerprint density at radius 3 is 2.83 bits per heavy atom. The van der Waals surface area contributed by atoms with Crippen molar-refractivity contribution >= 4 is 16.9 Å². The van der Waals surface area contributed by atoms with Crippen LogP contribution in [-0.4, -0.2) is 41.1 Å². The fourth-order valence-corrected chi connectivity index (χ4v) is 4.16. The van der Waals surface area contributed by atoms with Gasteiger partial charge >= 0.3 is 0 Å². The molecule has 0 bridgehead atoms. The van der Waals surface area contributed by atoms with E-state index in [4.69, 9.17) is 0 Å². The van der Waals surface area contributed by atoms with Crippen LogP contribution in [0.2, 0.25) is 0 Å². The maximum atomic E-state index is 4.65. The maximum absolute atomic E-state index is 4.65. The molecular weight excluding hydrogens is 364 g/mol. The normalized spacial score (nSPS) is 16.9. The van der Waals surface area contributed by atoms with Crippen molar-refractivity contribution in [3.05, 3.63) is 55.0 Å². The highest BCUT2D eigenvalue weighted by molar-refractivity contribution is 5.88. The monoisotopic (exact) mass is 388 g/mol. The molecule has 4 aromatic rings. The molecule has 0 aliphatic carbocycles. The summed E-state index contributed by atoms with van der Waals surface area (Å²) in [5.74, 6) is 2.46. The highest BCUT2D eigenvalue weighted by atomic mass is 15.3. The minimum absolute atomic E-state index is 0.162. The molecule has 1 fully saturated rings. The van der Waals surface area contributed by atoms with Crippen LogP contribution in [0.15, 0.2) is 49.2 Å². The second-order valence-electron chi connectivity index (χ2n) is 7.91. The Kier molecular flexibility index (Phi) is 4.46. The van der Waals surface area contributed by atoms with Crippen molar-refractivity contribution in [3.8, 4) is 5.69 Å². The lowest BCUT2D eigenvalue weighted by Gasteiger charge is -2.26. The van der Waals surface area contributed by atoms with Gasteiger partial charge in [-0.05, 0) is 30.9 Å². The van der Waals surface area contributed by atoms with E-state index in [1.807, 2.05) is 47.5 Å². The van der Waals surface area contributed by atoms with Crippen LogP contribution in [0.1, 0.15) is 38.6 Å². The van der Waals surface area contributed by atoms with Crippen LogP contribution in [-0.2, 0) is 6.54 Å². The van der Waals surface area contributed by atoms with Gasteiger partial charge in [0.05, 0.1) is 23.3 Å². The van der Waals surface area contributed by atoms with E-state index in [2.05, 4.69) is 48.6 Å². The lowest BCUT2D eigenvalue weighted by molar-refractivity contribution is 0.487. The number of fused-ring (bicyclic) bond motifs is 1. The van der Waals surface area contributed by atoms with Crippen molar-refractivity contribution in [1.82, 2.24) is 34.5 Å². The highest BCUT2D eigenvalue weighted by Crippen LogP contribution is 2.37. The summed E-state index contributed by atoms with van der Waals surface area (Å²) < 4.78 is 4.05. The highest BCUT2D eigenvalue weighted by Gasteiger charge is 2.32. The molecule has 148 valence electrons. The first-order valence-electron chi connectivity index (χ1n) is 10.1. The molecule has 8 heteroatoms. The van der Waals surface area contributed by atoms with Crippen LogP contribution in [0.5, 0.6) is 0 Å². The van der Waals surface area contributed by atoms with Gasteiger partial charge in [0.2, 0.25) is 0 Å². The van der Waals surface area contributed by atoms with Crippen LogP contribution < -0.4 is 4.90 Å². The quantitative estimate of drug-likeness (QED) is 0.521. The number of hydrogen-bond donors (Lipinski definition) is 0. The Morgan fingerprint density at radius 2 is 2.00 bits per heavy atom. The van der Waals surface area contributed by atoms with E-state index in [1.54, 1.807) is 6.33 Å². The van der Waals surface area contributed by atoms with E-state index in [0.29, 0.717) is 5.92 Å². The van der Waals surface area contributed by atoms with Crippen LogP contribution >= 0.6 is 0 Å². The molecule has 3 aromatic heterocycles. The second kappa shape index (κ2) is 7.27. The summed E-state index contributed by atoms with van der Waals surface area (Å²) >= 11 is 0. The van der Waals surface area contributed by atoms with E-state index in [9.17, 15) is 0 Å². The van der Waals surface area contributed by atoms with Crippen LogP contribution in [0.4, 0.5) is 5.82 Å². The third kappa shape index (κ3) is 3.14. The molecule has 0 spiro atoms. The number of benzene rings is 1. The first-order valence-corrected chi connectivity index (χ1v) is 10.1. The Balaban J connectivity index is 1.55. The predicted molar refractivity (Wildman–Crippen MR) is 111 cm³/mol. The summed E-state index contributed by atoms with van der Waals surface area (Å²) in [6.07, 6.45) is 7.47. The van der Waals surface area contributed by atoms with Gasteiger partial charge in [0.25, 0.3) is 0 Å². The molecule has 0 saturated carbocycles. The van der Waals surface area contributed by atoms with Gasteiger partial charge in [-0.3, -0.25) is 0 Å². The fraction of sp³-hybridized carbons (Fsp3) is 0.381. The van der Waals surface area contributed by atoms with Crippen LogP contribution in [0.25, 0.3) is 16.7 Å². The first kappa shape index (κ1) is 17.8. The topological polar surface area (TPSA) is 77.6 Å². The van der Waals surface area contributed by atoms with Gasteiger partial charge in [0.1, 0.15) is 18.5 Å². The van der Waals surface area contributed by atoms with E-state index in [-0.39, 0.29) is 6.04 Å². The standard InChI is InChI=1S/C21H24N8/c1-15(2)12-27-14-24-26-21(27)18-9-6-10-28(18)19-17-11-25-29(20(17)23-13-22-19)16-7-4-3-5-8-16/h3-5,7-8,11,13-15,18H,6,9-10,12H2,1-2H3. The maximum Gasteiger partial charge on any atom is 0.168 e. The number of aromatic nitrogens is 7. The second-order valence-corrected chi connectivity index (χ2v) is 7.91. The summed E-state index contributed by atoms with van der Waals surface area (Å²) in [6.45, 7) is 6.27. The smallest absolute Gasteiger partial charge is 0.168 e. The van der Waals surface area contributed by atoms with Crippen molar-refractivity contribution in [2.45, 2.75) is 39.3 Å². The number of anilines is 1. The van der Waals surface area contributed by atoms with Gasteiger partial charge in [-0.1, -0.05) is 32.0 Å². The molecule has 0 N–H and O–H groups in total. The SMILES string of the molecule is CC(C)Cn1cnnc1C1CCCN1c1ncnc2c1cnn2-c1ccccc1. The molecule has 8 nitrogen and oxygen atoms in total. The lowest BCUT2D eigenvalue weighted by atomic mass is 10.1. The average molecular weight is 388 g/mol. The van der Waals surface area contributed by atoms with Crippen LogP contribution in [0.3, 0.4) is 0 Å². The molecule has 5 rings (SSSR count). The summed E-state index contributed by atoms with van der Waals surface area (Å²) in [6, 6.07) is 10.2. The van der Waals surface area contributed by atoms with Crippen molar-refractivity contribution < 1.29 is 0 Å². The molecule has 1 aliphatic heterocycles. The van der Waals surface area contributed by atoms with Gasteiger partial charge in [-0.15, -0.1) is 10.2 Å². The molecular formula is C21H24N8. The van der Waals surface area contributed by atoms with E-state index < -0.39 is 0 Å². The number of rotatable bonds is 5. The van der Waals surface area contributed by atoms with Crippen molar-refractivity contribution in [3.63, 3.8) is 0 Å². The summed E-state index contributed by atoms with van der Waals surface area (Å²) in [4.78, 5) is 11.5. The molecule has 0 amide bonds. The lowest BCUT2D eigenvalue weighted by Crippen LogP contribution is -2.26. The molecule has 1 aromatic carbocycles. The summed E-state index contributed by atoms with van der Waals surface area (Å²) in [5, 5.41) is 14.2. The van der Waals surface area contributed by atoms with Crippen molar-refractivity contribution in [2.75, 3.05) is 11.4 Å². The summed E-state index contributed by atoms with van der Waals surface area (Å²) in [7, 11) is 0. The zero-order chi connectivity index (χ0) is 19.8. The number of para-hydroxylation sites is 1. The minimum atomic E-state index is 0.162. The van der Waals surface area contributed by atoms with Gasteiger partial charge in [0.15, 0.2) is 11.5 Å². The third-order valence-corrected chi connectivity index (χ3v) is 5.38. The summed E-state index contributed by atoms with van der Waals surface area (Å²) in [5.41, 5.74) is 1.80. The van der Waals surface area contributed by atoms with Gasteiger partial charge in [-0.25, -0.2) is 14.6 Å². The van der Waals surface area contributed by atoms with E-state index >= 15 is 0 Å². The zero-order valence-electron chi connectivity index (χ0n) is 16.7. The van der Waals surface area contributed by atoms with Crippen LogP contribution in [0, 0.1) is 5.92 Å². The van der Waals surface area contributed by atoms with Crippen molar-refractivity contribution in [2.24, 2.45) is 5.92 Å². The Morgan fingerprint density at radius 1 is 1.14 bits per heavy atom. The Bertz CT molecular complexity index is 1110. The van der Waals surface area contributed by atoms with Crippen molar-refractivity contribution in [1.29, 1.82) is 0 Å². The molecule has 1 unspecified atom stereocenters. The van der Waals surface area contributed by atoms with E-state index in [0.717, 1.165) is 54.3 Å². The molecule has 1 atom stereocenters. The zero-order valence-corrected chi connectivity index (χ0v) is 16.7. The molecule has 1 aliphatic rings. The van der Waals surface area contributed by atoms with E-state index in [1.165, 1.54) is 0 Å². The predicted octanol–water partition coefficient (Wildman–Crippen LogP) is 3.40.